The van der Waals surface area contributed by atoms with Crippen LogP contribution in [0.2, 0.25) is 0 Å². The number of aromatic nitrogens is 3. The maximum atomic E-state index is 9.05. The van der Waals surface area contributed by atoms with E-state index in [1.54, 1.807) is 0 Å². The monoisotopic (exact) mass is 233 g/mol. The first-order chi connectivity index (χ1) is 6.70. The Morgan fingerprint density at radius 1 is 1.71 bits per heavy atom. The van der Waals surface area contributed by atoms with Gasteiger partial charge in [-0.3, -0.25) is 9.67 Å². The van der Waals surface area contributed by atoms with Gasteiger partial charge in [-0.1, -0.05) is 6.92 Å². The van der Waals surface area contributed by atoms with Gasteiger partial charge in [0.1, 0.15) is 6.61 Å². The number of H-pyrrole nitrogens is 1. The van der Waals surface area contributed by atoms with Crippen LogP contribution in [0, 0.1) is 4.77 Å². The Morgan fingerprint density at radius 2 is 2.43 bits per heavy atom. The molecule has 0 aliphatic rings. The van der Waals surface area contributed by atoms with Crippen molar-refractivity contribution in [3.63, 3.8) is 0 Å². The summed E-state index contributed by atoms with van der Waals surface area (Å²) in [5.41, 5.74) is 0. The number of aromatic amines is 1. The van der Waals surface area contributed by atoms with Gasteiger partial charge in [0.2, 0.25) is 0 Å². The molecule has 0 saturated carbocycles. The third-order valence-electron chi connectivity index (χ3n) is 1.92. The predicted octanol–water partition coefficient (Wildman–Crippen LogP) is 1.75. The number of thioether (sulfide) groups is 1. The predicted molar refractivity (Wildman–Crippen MR) is 61.0 cm³/mol. The Morgan fingerprint density at radius 3 is 3.00 bits per heavy atom. The first-order valence-corrected chi connectivity index (χ1v) is 6.11. The van der Waals surface area contributed by atoms with Gasteiger partial charge in [-0.2, -0.15) is 16.9 Å². The van der Waals surface area contributed by atoms with Crippen LogP contribution in [0.5, 0.6) is 0 Å². The molecule has 1 aromatic heterocycles. The molecule has 1 rings (SSSR count). The van der Waals surface area contributed by atoms with Crippen LogP contribution >= 0.6 is 24.0 Å². The van der Waals surface area contributed by atoms with E-state index in [1.807, 2.05) is 16.3 Å². The lowest BCUT2D eigenvalue weighted by molar-refractivity contribution is 0.262. The number of nitrogens with zero attached hydrogens (tertiary/aromatic N) is 2. The molecular formula is C8H15N3OS2. The molecule has 0 bridgehead atoms. The molecule has 0 spiro atoms. The van der Waals surface area contributed by atoms with Gasteiger partial charge in [-0.25, -0.2) is 0 Å². The lowest BCUT2D eigenvalue weighted by Gasteiger charge is -2.13. The van der Waals surface area contributed by atoms with Gasteiger partial charge in [0, 0.05) is 11.8 Å². The lowest BCUT2D eigenvalue weighted by Crippen LogP contribution is -2.12. The Bertz CT molecular complexity index is 334. The topological polar surface area (TPSA) is 53.8 Å². The fourth-order valence-electron chi connectivity index (χ4n) is 1.27. The molecule has 0 aliphatic heterocycles. The number of aliphatic hydroxyl groups is 1. The Labute approximate surface area is 92.7 Å². The molecule has 1 unspecified atom stereocenters. The van der Waals surface area contributed by atoms with Crippen LogP contribution in [0.25, 0.3) is 0 Å². The zero-order valence-electron chi connectivity index (χ0n) is 8.36. The Kier molecular flexibility index (Phi) is 4.64. The van der Waals surface area contributed by atoms with Crippen LogP contribution in [-0.4, -0.2) is 31.4 Å². The fraction of sp³-hybridized carbons (Fsp3) is 0.750. The summed E-state index contributed by atoms with van der Waals surface area (Å²) in [6.07, 6.45) is 0. The van der Waals surface area contributed by atoms with E-state index in [9.17, 15) is 0 Å². The molecule has 0 saturated heterocycles. The minimum absolute atomic E-state index is 0.0751. The summed E-state index contributed by atoms with van der Waals surface area (Å²) >= 11 is 6.94. The zero-order valence-corrected chi connectivity index (χ0v) is 9.99. The Balaban J connectivity index is 2.81. The molecule has 0 aliphatic carbocycles. The quantitative estimate of drug-likeness (QED) is 0.761. The van der Waals surface area contributed by atoms with Crippen molar-refractivity contribution in [1.82, 2.24) is 14.8 Å². The van der Waals surface area contributed by atoms with Crippen LogP contribution in [0.15, 0.2) is 0 Å². The van der Waals surface area contributed by atoms with Crippen LogP contribution in [0.4, 0.5) is 0 Å². The maximum Gasteiger partial charge on any atom is 0.195 e. The molecule has 4 nitrogen and oxygen atoms in total. The third kappa shape index (κ3) is 2.59. The molecule has 80 valence electrons. The second-order valence-corrected chi connectivity index (χ2v) is 4.69. The van der Waals surface area contributed by atoms with E-state index >= 15 is 0 Å². The molecule has 0 fully saturated rings. The van der Waals surface area contributed by atoms with Crippen LogP contribution in [0.3, 0.4) is 0 Å². The van der Waals surface area contributed by atoms with E-state index < -0.39 is 0 Å². The van der Waals surface area contributed by atoms with Crippen molar-refractivity contribution in [2.45, 2.75) is 26.5 Å². The lowest BCUT2D eigenvalue weighted by atomic mass is 10.4. The third-order valence-corrected chi connectivity index (χ3v) is 3.34. The molecular weight excluding hydrogens is 218 g/mol. The second-order valence-electron chi connectivity index (χ2n) is 2.98. The summed E-state index contributed by atoms with van der Waals surface area (Å²) in [5.74, 6) is 2.68. The van der Waals surface area contributed by atoms with E-state index in [-0.39, 0.29) is 12.6 Å². The minimum atomic E-state index is -0.0751. The first-order valence-electron chi connectivity index (χ1n) is 4.55. The van der Waals surface area contributed by atoms with Crippen LogP contribution < -0.4 is 0 Å². The highest BCUT2D eigenvalue weighted by atomic mass is 32.2. The fourth-order valence-corrected chi connectivity index (χ4v) is 2.32. The summed E-state index contributed by atoms with van der Waals surface area (Å²) in [5, 5.41) is 15.7. The average molecular weight is 233 g/mol. The van der Waals surface area contributed by atoms with E-state index in [4.69, 9.17) is 17.3 Å². The Hall–Kier alpha value is -0.330. The molecule has 0 radical (unpaired) electrons. The molecule has 14 heavy (non-hydrogen) atoms. The summed E-state index contributed by atoms with van der Waals surface area (Å²) < 4.78 is 2.45. The molecule has 1 heterocycles. The van der Waals surface area contributed by atoms with Gasteiger partial charge in [0.15, 0.2) is 10.6 Å². The molecule has 6 heteroatoms. The van der Waals surface area contributed by atoms with Crippen LogP contribution in [0.1, 0.15) is 25.7 Å². The van der Waals surface area contributed by atoms with E-state index in [0.29, 0.717) is 10.6 Å². The summed E-state index contributed by atoms with van der Waals surface area (Å²) in [7, 11) is 0. The van der Waals surface area contributed by atoms with Crippen molar-refractivity contribution in [2.75, 3.05) is 11.5 Å². The summed E-state index contributed by atoms with van der Waals surface area (Å²) in [6, 6.07) is 0.272. The van der Waals surface area contributed by atoms with Crippen molar-refractivity contribution in [3.05, 3.63) is 10.6 Å². The van der Waals surface area contributed by atoms with Crippen molar-refractivity contribution in [3.8, 4) is 0 Å². The standard InChI is InChI=1S/C8H15N3OS2/c1-3-14-5-6(2)11-7(4-12)9-10-8(11)13/h6,12H,3-5H2,1-2H3,(H,10,13). The molecule has 0 amide bonds. The van der Waals surface area contributed by atoms with E-state index in [0.717, 1.165) is 11.5 Å². The molecule has 1 aromatic rings. The average Bonchev–Trinajstić information content (AvgIpc) is 2.56. The SMILES string of the molecule is CCSCC(C)n1c(CO)n[nH]c1=S. The van der Waals surface area contributed by atoms with Crippen molar-refractivity contribution in [2.24, 2.45) is 0 Å². The number of rotatable bonds is 5. The second kappa shape index (κ2) is 5.53. The normalized spacial score (nSPS) is 13.1. The van der Waals surface area contributed by atoms with Crippen molar-refractivity contribution >= 4 is 24.0 Å². The van der Waals surface area contributed by atoms with Crippen LogP contribution in [-0.2, 0) is 6.61 Å². The highest BCUT2D eigenvalue weighted by Crippen LogP contribution is 2.15. The van der Waals surface area contributed by atoms with E-state index in [2.05, 4.69) is 24.0 Å². The van der Waals surface area contributed by atoms with Gasteiger partial charge in [0.25, 0.3) is 0 Å². The molecule has 1 atom stereocenters. The van der Waals surface area contributed by atoms with Crippen molar-refractivity contribution in [1.29, 1.82) is 0 Å². The largest absolute Gasteiger partial charge is 0.388 e. The smallest absolute Gasteiger partial charge is 0.195 e. The van der Waals surface area contributed by atoms with Gasteiger partial charge < -0.3 is 5.11 Å². The number of hydrogen-bond acceptors (Lipinski definition) is 4. The number of hydrogen-bond donors (Lipinski definition) is 2. The van der Waals surface area contributed by atoms with Gasteiger partial charge in [0.05, 0.1) is 0 Å². The van der Waals surface area contributed by atoms with Gasteiger partial charge >= 0.3 is 0 Å². The number of aliphatic hydroxyl groups excluding tert-OH is 1. The zero-order chi connectivity index (χ0) is 10.6. The van der Waals surface area contributed by atoms with Crippen molar-refractivity contribution < 1.29 is 5.11 Å². The highest BCUT2D eigenvalue weighted by Gasteiger charge is 2.11. The highest BCUT2D eigenvalue weighted by molar-refractivity contribution is 7.99. The summed E-state index contributed by atoms with van der Waals surface area (Å²) in [6.45, 7) is 4.13. The molecule has 2 N–H and O–H groups in total. The first kappa shape index (κ1) is 11.7. The maximum absolute atomic E-state index is 9.05. The minimum Gasteiger partial charge on any atom is -0.388 e. The van der Waals surface area contributed by atoms with Gasteiger partial charge in [-0.15, -0.1) is 0 Å². The summed E-state index contributed by atoms with van der Waals surface area (Å²) in [4.78, 5) is 0. The molecule has 0 aromatic carbocycles. The number of nitrogens with one attached hydrogen (secondary N) is 1. The van der Waals surface area contributed by atoms with Gasteiger partial charge in [-0.05, 0) is 24.9 Å². The van der Waals surface area contributed by atoms with E-state index in [1.165, 1.54) is 0 Å².